The third-order valence-electron chi connectivity index (χ3n) is 18.7. The fourth-order valence-corrected chi connectivity index (χ4v) is 14.2. The minimum atomic E-state index is -1.83. The molecule has 13 N–H and O–H groups in total. The van der Waals surface area contributed by atoms with Gasteiger partial charge in [-0.1, -0.05) is 53.2 Å². The van der Waals surface area contributed by atoms with Crippen LogP contribution in [0.1, 0.15) is 107 Å². The molecule has 0 spiro atoms. The standard InChI is InChI=1S/C48H82O19/c1-21(9-13-31(45(4,5)61)66-43-40(37(58)34(55)27(20-51)64-43)67-42-39(60)36(57)33(54)26(19-50)63-42)22-15-16-46(6)28-12-10-23-24(48(28,8)29(52)17-47(22,46)7)11-14-30(44(23,2)3)65-41-38(59)35(56)32(53)25(18-49)62-41/h10,21-22,24-43,49-61H,9,11-20H2,1-8H3/t21-,22-,24-,25-,26-,27-,28-,29-,30+,31-,32-,33-,34-,35+,36+,37+,38-,39-,40-,41+,42+,43+,46-,47-,48+/m1/s1. The molecule has 388 valence electrons. The van der Waals surface area contributed by atoms with E-state index in [4.69, 9.17) is 28.4 Å². The monoisotopic (exact) mass is 963 g/mol. The number of hydrogen-bond donors (Lipinski definition) is 13. The number of fused-ring (bicyclic) bond motifs is 5. The topological polar surface area (TPSA) is 318 Å². The van der Waals surface area contributed by atoms with Gasteiger partial charge in [0.2, 0.25) is 0 Å². The van der Waals surface area contributed by atoms with Crippen molar-refractivity contribution in [2.75, 3.05) is 19.8 Å². The molecule has 4 aliphatic carbocycles. The molecular formula is C48H82O19. The number of rotatable bonds is 14. The van der Waals surface area contributed by atoms with Crippen molar-refractivity contribution in [1.29, 1.82) is 0 Å². The third kappa shape index (κ3) is 9.13. The van der Waals surface area contributed by atoms with Crippen molar-refractivity contribution < 1.29 is 94.8 Å². The molecule has 0 amide bonds. The lowest BCUT2D eigenvalue weighted by Crippen LogP contribution is -2.65. The number of ether oxygens (including phenoxy) is 6. The van der Waals surface area contributed by atoms with Crippen LogP contribution in [-0.4, -0.2) is 202 Å². The molecule has 25 atom stereocenters. The molecule has 0 bridgehead atoms. The molecule has 7 aliphatic rings. The summed E-state index contributed by atoms with van der Waals surface area (Å²) in [7, 11) is 0. The number of hydrogen-bond acceptors (Lipinski definition) is 19. The van der Waals surface area contributed by atoms with Crippen LogP contribution in [0.5, 0.6) is 0 Å². The lowest BCUT2D eigenvalue weighted by Gasteiger charge is -2.67. The predicted molar refractivity (Wildman–Crippen MR) is 235 cm³/mol. The summed E-state index contributed by atoms with van der Waals surface area (Å²) in [6.45, 7) is 14.5. The van der Waals surface area contributed by atoms with Gasteiger partial charge in [-0.15, -0.1) is 0 Å². The minimum absolute atomic E-state index is 0.0500. The van der Waals surface area contributed by atoms with Crippen molar-refractivity contribution in [2.24, 2.45) is 45.3 Å². The van der Waals surface area contributed by atoms with Gasteiger partial charge in [-0.3, -0.25) is 0 Å². The minimum Gasteiger partial charge on any atom is -0.394 e. The van der Waals surface area contributed by atoms with E-state index in [1.165, 1.54) is 5.57 Å². The smallest absolute Gasteiger partial charge is 0.187 e. The van der Waals surface area contributed by atoms with Crippen molar-refractivity contribution >= 4 is 0 Å². The van der Waals surface area contributed by atoms with Crippen LogP contribution in [0.2, 0.25) is 0 Å². The van der Waals surface area contributed by atoms with Crippen LogP contribution in [0.25, 0.3) is 0 Å². The molecule has 19 nitrogen and oxygen atoms in total. The molecule has 3 saturated heterocycles. The maximum absolute atomic E-state index is 12.6. The molecule has 0 aromatic rings. The highest BCUT2D eigenvalue weighted by Gasteiger charge is 2.70. The summed E-state index contributed by atoms with van der Waals surface area (Å²) < 4.78 is 35.9. The molecule has 19 heteroatoms. The highest BCUT2D eigenvalue weighted by Crippen LogP contribution is 2.75. The van der Waals surface area contributed by atoms with Crippen molar-refractivity contribution in [3.8, 4) is 0 Å². The van der Waals surface area contributed by atoms with Gasteiger partial charge in [0.05, 0.1) is 43.7 Å². The van der Waals surface area contributed by atoms with E-state index in [1.807, 2.05) is 0 Å². The van der Waals surface area contributed by atoms with Gasteiger partial charge >= 0.3 is 0 Å². The van der Waals surface area contributed by atoms with Gasteiger partial charge < -0.3 is 94.8 Å². The Kier molecular flexibility index (Phi) is 15.9. The van der Waals surface area contributed by atoms with E-state index in [1.54, 1.807) is 13.8 Å². The second-order valence-electron chi connectivity index (χ2n) is 23.0. The Morgan fingerprint density at radius 1 is 0.657 bits per heavy atom. The first-order chi connectivity index (χ1) is 31.2. The maximum atomic E-state index is 12.6. The number of aliphatic hydroxyl groups is 13. The molecule has 0 radical (unpaired) electrons. The van der Waals surface area contributed by atoms with Crippen LogP contribution in [0, 0.1) is 45.3 Å². The summed E-state index contributed by atoms with van der Waals surface area (Å²) >= 11 is 0. The van der Waals surface area contributed by atoms with Gasteiger partial charge in [-0.2, -0.15) is 0 Å². The van der Waals surface area contributed by atoms with Gasteiger partial charge in [-0.25, -0.2) is 0 Å². The predicted octanol–water partition coefficient (Wildman–Crippen LogP) is -1.06. The maximum Gasteiger partial charge on any atom is 0.187 e. The van der Waals surface area contributed by atoms with E-state index >= 15 is 0 Å². The molecule has 7 rings (SSSR count). The Labute approximate surface area is 393 Å². The molecule has 0 aromatic carbocycles. The molecule has 67 heavy (non-hydrogen) atoms. The second-order valence-corrected chi connectivity index (χ2v) is 23.0. The lowest BCUT2D eigenvalue weighted by molar-refractivity contribution is -0.375. The van der Waals surface area contributed by atoms with Crippen LogP contribution in [0.4, 0.5) is 0 Å². The van der Waals surface area contributed by atoms with Crippen molar-refractivity contribution in [3.05, 3.63) is 11.6 Å². The summed E-state index contributed by atoms with van der Waals surface area (Å²) in [4.78, 5) is 0. The Bertz CT molecular complexity index is 1710. The van der Waals surface area contributed by atoms with Gasteiger partial charge in [-0.05, 0) is 99.7 Å². The van der Waals surface area contributed by atoms with Crippen molar-refractivity contribution in [2.45, 2.75) is 223 Å². The van der Waals surface area contributed by atoms with Crippen LogP contribution < -0.4 is 0 Å². The zero-order valence-electron chi connectivity index (χ0n) is 40.3. The summed E-state index contributed by atoms with van der Waals surface area (Å²) in [5.74, 6) is 0.476. The Balaban J connectivity index is 1.06. The largest absolute Gasteiger partial charge is 0.394 e. The highest BCUT2D eigenvalue weighted by atomic mass is 16.8. The van der Waals surface area contributed by atoms with Crippen LogP contribution >= 0.6 is 0 Å². The van der Waals surface area contributed by atoms with E-state index in [-0.39, 0.29) is 34.5 Å². The van der Waals surface area contributed by atoms with Crippen LogP contribution in [-0.2, 0) is 28.4 Å². The average Bonchev–Trinajstić information content (AvgIpc) is 3.54. The highest BCUT2D eigenvalue weighted by molar-refractivity contribution is 5.32. The van der Waals surface area contributed by atoms with E-state index in [0.717, 1.165) is 25.7 Å². The van der Waals surface area contributed by atoms with Gasteiger partial charge in [0.1, 0.15) is 73.2 Å². The molecule has 3 aliphatic heterocycles. The SMILES string of the molecule is C[C@H](CC[C@@H](O[C@@H]1O[C@H](CO)[C@@H](O)[C@H](O)[C@H]1O[C@@H]1O[C@H](CO)[C@@H](O)[C@H](O)[C@H]1O)C(C)(C)O)[C@H]1CC[C@]2(C)[C@H]3CC=C4[C@@H](CC[C@H](O[C@@H]5O[C@H](CO)[C@@H](O)[C@H](O)[C@H]5O)C4(C)C)[C@]3(C)[C@H](O)C[C@]12C. The molecule has 0 unspecified atom stereocenters. The van der Waals surface area contributed by atoms with E-state index in [0.29, 0.717) is 25.7 Å². The lowest BCUT2D eigenvalue weighted by atomic mass is 9.38. The van der Waals surface area contributed by atoms with E-state index in [2.05, 4.69) is 47.6 Å². The van der Waals surface area contributed by atoms with E-state index in [9.17, 15) is 66.4 Å². The molecule has 3 saturated carbocycles. The fraction of sp³-hybridized carbons (Fsp3) is 0.958. The Hall–Kier alpha value is -1.02. The third-order valence-corrected chi connectivity index (χ3v) is 18.7. The first-order valence-corrected chi connectivity index (χ1v) is 24.5. The fourth-order valence-electron chi connectivity index (χ4n) is 14.2. The van der Waals surface area contributed by atoms with Crippen LogP contribution in [0.3, 0.4) is 0 Å². The number of aliphatic hydroxyl groups excluding tert-OH is 12. The first kappa shape index (κ1) is 53.8. The van der Waals surface area contributed by atoms with Crippen molar-refractivity contribution in [3.63, 3.8) is 0 Å². The summed E-state index contributed by atoms with van der Waals surface area (Å²) in [5.41, 5.74) is -1.70. The average molecular weight is 963 g/mol. The molecule has 0 aromatic heterocycles. The zero-order chi connectivity index (χ0) is 49.5. The Morgan fingerprint density at radius 3 is 1.72 bits per heavy atom. The van der Waals surface area contributed by atoms with Crippen molar-refractivity contribution in [1.82, 2.24) is 0 Å². The van der Waals surface area contributed by atoms with Gasteiger partial charge in [0.15, 0.2) is 18.9 Å². The second kappa shape index (κ2) is 19.8. The summed E-state index contributed by atoms with van der Waals surface area (Å²) in [5, 5.41) is 139. The quantitative estimate of drug-likeness (QED) is 0.0924. The number of allylic oxidation sites excluding steroid dienone is 1. The molecule has 3 heterocycles. The van der Waals surface area contributed by atoms with Gasteiger partial charge in [0.25, 0.3) is 0 Å². The van der Waals surface area contributed by atoms with Crippen LogP contribution in [0.15, 0.2) is 11.6 Å². The Morgan fingerprint density at radius 2 is 1.18 bits per heavy atom. The summed E-state index contributed by atoms with van der Waals surface area (Å²) in [6, 6.07) is 0. The first-order valence-electron chi connectivity index (χ1n) is 24.5. The summed E-state index contributed by atoms with van der Waals surface area (Å²) in [6.07, 6.45) is -17.3. The van der Waals surface area contributed by atoms with E-state index < -0.39 is 147 Å². The zero-order valence-corrected chi connectivity index (χ0v) is 40.3. The molecule has 6 fully saturated rings. The molecular weight excluding hydrogens is 881 g/mol. The normalized spacial score (nSPS) is 51.0. The van der Waals surface area contributed by atoms with Gasteiger partial charge in [0, 0.05) is 10.8 Å².